The van der Waals surface area contributed by atoms with Gasteiger partial charge in [0.1, 0.15) is 10.8 Å². The zero-order valence-corrected chi connectivity index (χ0v) is 8.56. The van der Waals surface area contributed by atoms with Crippen molar-refractivity contribution in [3.05, 3.63) is 10.8 Å². The molecule has 0 aliphatic carbocycles. The van der Waals surface area contributed by atoms with Crippen molar-refractivity contribution in [3.8, 4) is 0 Å². The fourth-order valence-corrected chi connectivity index (χ4v) is 0.388. The predicted octanol–water partition coefficient (Wildman–Crippen LogP) is 3.18. The second-order valence-corrected chi connectivity index (χ2v) is 4.60. The Morgan fingerprint density at radius 2 is 1.73 bits per heavy atom. The van der Waals surface area contributed by atoms with Gasteiger partial charge in [-0.2, -0.15) is 0 Å². The van der Waals surface area contributed by atoms with E-state index >= 15 is 0 Å². The Morgan fingerprint density at radius 3 is 2.00 bits per heavy atom. The van der Waals surface area contributed by atoms with Crippen molar-refractivity contribution in [1.29, 1.82) is 0 Å². The van der Waals surface area contributed by atoms with Crippen LogP contribution in [0.25, 0.3) is 0 Å². The van der Waals surface area contributed by atoms with Gasteiger partial charge in [-0.05, 0) is 0 Å². The van der Waals surface area contributed by atoms with E-state index in [1.54, 1.807) is 0 Å². The van der Waals surface area contributed by atoms with Crippen LogP contribution < -0.4 is 0 Å². The van der Waals surface area contributed by atoms with Crippen molar-refractivity contribution in [3.63, 3.8) is 0 Å². The van der Waals surface area contributed by atoms with E-state index in [2.05, 4.69) is 4.74 Å². The van der Waals surface area contributed by atoms with Crippen molar-refractivity contribution < 1.29 is 9.53 Å². The molecule has 64 valence electrons. The molecule has 0 aromatic carbocycles. The molecule has 11 heavy (non-hydrogen) atoms. The summed E-state index contributed by atoms with van der Waals surface area (Å²) < 4.78 is 1.85. The van der Waals surface area contributed by atoms with Gasteiger partial charge in [0.2, 0.25) is 0 Å². The van der Waals surface area contributed by atoms with E-state index in [1.807, 2.05) is 0 Å². The molecule has 0 aromatic rings. The van der Waals surface area contributed by atoms with Crippen molar-refractivity contribution >= 4 is 64.0 Å². The molecule has 0 bridgehead atoms. The highest BCUT2D eigenvalue weighted by molar-refractivity contribution is 6.75. The maximum Gasteiger partial charge on any atom is 0.363 e. The van der Waals surface area contributed by atoms with Crippen LogP contribution in [-0.4, -0.2) is 9.76 Å². The number of halogens is 5. The summed E-state index contributed by atoms with van der Waals surface area (Å²) in [5.74, 6) is -1.07. The van der Waals surface area contributed by atoms with E-state index < -0.39 is 9.76 Å². The number of ether oxygens (including phenoxy) is 1. The first kappa shape index (κ1) is 11.7. The van der Waals surface area contributed by atoms with Crippen LogP contribution in [0.15, 0.2) is 10.8 Å². The molecule has 0 unspecified atom stereocenters. The molecular weight excluding hydrogens is 257 g/mol. The Labute approximate surface area is 87.9 Å². The van der Waals surface area contributed by atoms with E-state index in [9.17, 15) is 4.79 Å². The van der Waals surface area contributed by atoms with Gasteiger partial charge in [0.05, 0.1) is 0 Å². The smallest absolute Gasteiger partial charge is 0.363 e. The van der Waals surface area contributed by atoms with Crippen LogP contribution in [0.1, 0.15) is 0 Å². The van der Waals surface area contributed by atoms with E-state index in [-0.39, 0.29) is 4.49 Å². The van der Waals surface area contributed by atoms with Crippen molar-refractivity contribution in [2.45, 2.75) is 3.79 Å². The summed E-state index contributed by atoms with van der Waals surface area (Å²) in [5.41, 5.74) is 0. The van der Waals surface area contributed by atoms with Crippen molar-refractivity contribution in [1.82, 2.24) is 0 Å². The van der Waals surface area contributed by atoms with Gasteiger partial charge in [0.25, 0.3) is 3.79 Å². The van der Waals surface area contributed by atoms with Gasteiger partial charge in [0.15, 0.2) is 0 Å². The molecule has 0 heterocycles. The standard InChI is InChI=1S/C4HCl5O2/c5-2(6)1-11-3(10)4(7,8)9/h1H. The SMILES string of the molecule is O=C(OC=C(Cl)Cl)C(Cl)(Cl)Cl. The first-order valence-corrected chi connectivity index (χ1v) is 4.02. The lowest BCUT2D eigenvalue weighted by Gasteiger charge is -2.06. The minimum Gasteiger partial charge on any atom is -0.429 e. The molecular formula is C4HCl5O2. The van der Waals surface area contributed by atoms with Gasteiger partial charge < -0.3 is 4.74 Å². The summed E-state index contributed by atoms with van der Waals surface area (Å²) in [6.45, 7) is 0. The molecule has 0 rings (SSSR count). The second kappa shape index (κ2) is 4.63. The number of carbonyl (C=O) groups is 1. The lowest BCUT2D eigenvalue weighted by atomic mass is 10.8. The Morgan fingerprint density at radius 1 is 1.27 bits per heavy atom. The average Bonchev–Trinajstić information content (AvgIpc) is 1.80. The summed E-state index contributed by atoms with van der Waals surface area (Å²) >= 11 is 25.5. The third kappa shape index (κ3) is 5.88. The van der Waals surface area contributed by atoms with Crippen LogP contribution in [0.3, 0.4) is 0 Å². The molecule has 0 N–H and O–H groups in total. The normalized spacial score (nSPS) is 10.6. The zero-order chi connectivity index (χ0) is 9.07. The Balaban J connectivity index is 4.01. The van der Waals surface area contributed by atoms with Crippen LogP contribution in [0, 0.1) is 0 Å². The first-order chi connectivity index (χ1) is 4.84. The molecule has 0 fully saturated rings. The number of esters is 1. The van der Waals surface area contributed by atoms with Crippen molar-refractivity contribution in [2.24, 2.45) is 0 Å². The molecule has 0 aliphatic rings. The number of hydrogen-bond acceptors (Lipinski definition) is 2. The fraction of sp³-hybridized carbons (Fsp3) is 0.250. The van der Waals surface area contributed by atoms with Gasteiger partial charge in [0, 0.05) is 0 Å². The topological polar surface area (TPSA) is 26.3 Å². The first-order valence-electron chi connectivity index (χ1n) is 2.13. The van der Waals surface area contributed by atoms with Crippen LogP contribution in [-0.2, 0) is 9.53 Å². The summed E-state index contributed by atoms with van der Waals surface area (Å²) in [6, 6.07) is 0. The van der Waals surface area contributed by atoms with E-state index in [0.29, 0.717) is 0 Å². The van der Waals surface area contributed by atoms with Crippen LogP contribution in [0.5, 0.6) is 0 Å². The maximum atomic E-state index is 10.6. The minimum absolute atomic E-state index is 0.243. The third-order valence-electron chi connectivity index (χ3n) is 0.487. The monoisotopic (exact) mass is 256 g/mol. The van der Waals surface area contributed by atoms with Gasteiger partial charge in [-0.3, -0.25) is 0 Å². The molecule has 0 atom stereocenters. The van der Waals surface area contributed by atoms with Crippen molar-refractivity contribution in [2.75, 3.05) is 0 Å². The van der Waals surface area contributed by atoms with E-state index in [0.717, 1.165) is 6.26 Å². The molecule has 2 nitrogen and oxygen atoms in total. The Kier molecular flexibility index (Phi) is 4.91. The molecule has 0 aliphatic heterocycles. The minimum atomic E-state index is -2.11. The quantitative estimate of drug-likeness (QED) is 0.410. The molecule has 0 spiro atoms. The maximum absolute atomic E-state index is 10.6. The number of rotatable bonds is 1. The zero-order valence-electron chi connectivity index (χ0n) is 4.78. The molecule has 7 heteroatoms. The average molecular weight is 258 g/mol. The highest BCUT2D eigenvalue weighted by Crippen LogP contribution is 2.27. The van der Waals surface area contributed by atoms with Gasteiger partial charge in [-0.1, -0.05) is 58.0 Å². The summed E-state index contributed by atoms with van der Waals surface area (Å²) in [6.07, 6.45) is 0.757. The molecule has 0 saturated carbocycles. The van der Waals surface area contributed by atoms with Gasteiger partial charge in [-0.15, -0.1) is 0 Å². The third-order valence-corrected chi connectivity index (χ3v) is 1.13. The lowest BCUT2D eigenvalue weighted by molar-refractivity contribution is -0.136. The number of carbonyl (C=O) groups excluding carboxylic acids is 1. The van der Waals surface area contributed by atoms with E-state index in [1.165, 1.54) is 0 Å². The predicted molar refractivity (Wildman–Crippen MR) is 46.2 cm³/mol. The summed E-state index contributed by atoms with van der Waals surface area (Å²) in [5, 5.41) is 0. The summed E-state index contributed by atoms with van der Waals surface area (Å²) in [7, 11) is 0. The highest BCUT2D eigenvalue weighted by atomic mass is 35.6. The molecule has 0 amide bonds. The Bertz CT molecular complexity index is 177. The molecule has 0 aromatic heterocycles. The van der Waals surface area contributed by atoms with Crippen LogP contribution >= 0.6 is 58.0 Å². The van der Waals surface area contributed by atoms with Gasteiger partial charge >= 0.3 is 5.97 Å². The summed E-state index contributed by atoms with van der Waals surface area (Å²) in [4.78, 5) is 10.6. The molecule has 0 radical (unpaired) electrons. The molecule has 0 saturated heterocycles. The fourth-order valence-electron chi connectivity index (χ4n) is 0.165. The number of hydrogen-bond donors (Lipinski definition) is 0. The van der Waals surface area contributed by atoms with Gasteiger partial charge in [-0.25, -0.2) is 4.79 Å². The highest BCUT2D eigenvalue weighted by Gasteiger charge is 2.32. The van der Waals surface area contributed by atoms with E-state index in [4.69, 9.17) is 58.0 Å². The number of alkyl halides is 3. The lowest BCUT2D eigenvalue weighted by Crippen LogP contribution is -2.19. The second-order valence-electron chi connectivity index (χ2n) is 1.31. The largest absolute Gasteiger partial charge is 0.429 e. The Hall–Kier alpha value is 0.660. The van der Waals surface area contributed by atoms with Crippen LogP contribution in [0.4, 0.5) is 0 Å². The van der Waals surface area contributed by atoms with Crippen LogP contribution in [0.2, 0.25) is 0 Å².